The maximum Gasteiger partial charge on any atom is 0.259 e. The standard InChI is InChI=1S/C14H10ClN5OS/c15-13-17-7-18-14(20-13)19-9-3-1-2-8(6-9)10-4-5-22-11(10)12(16)21/h1-7H,(H2,16,21)(H,17,18,19,20). The molecule has 0 radical (unpaired) electrons. The van der Waals surface area contributed by atoms with E-state index in [0.29, 0.717) is 10.8 Å². The Bertz CT molecular complexity index is 835. The lowest BCUT2D eigenvalue weighted by molar-refractivity contribution is 0.100. The summed E-state index contributed by atoms with van der Waals surface area (Å²) < 4.78 is 0. The van der Waals surface area contributed by atoms with Gasteiger partial charge < -0.3 is 11.1 Å². The number of aromatic nitrogens is 3. The van der Waals surface area contributed by atoms with Gasteiger partial charge in [-0.2, -0.15) is 4.98 Å². The number of hydrogen-bond donors (Lipinski definition) is 2. The number of hydrogen-bond acceptors (Lipinski definition) is 6. The van der Waals surface area contributed by atoms with Crippen LogP contribution >= 0.6 is 22.9 Å². The first kappa shape index (κ1) is 14.4. The molecule has 0 atom stereocenters. The van der Waals surface area contributed by atoms with Gasteiger partial charge in [-0.1, -0.05) is 12.1 Å². The van der Waals surface area contributed by atoms with Gasteiger partial charge in [0.15, 0.2) is 0 Å². The molecule has 110 valence electrons. The number of amides is 1. The summed E-state index contributed by atoms with van der Waals surface area (Å²) in [6.45, 7) is 0. The Morgan fingerprint density at radius 3 is 2.91 bits per heavy atom. The quantitative estimate of drug-likeness (QED) is 0.766. The van der Waals surface area contributed by atoms with Crippen LogP contribution < -0.4 is 11.1 Å². The van der Waals surface area contributed by atoms with Crippen molar-refractivity contribution in [2.45, 2.75) is 0 Å². The van der Waals surface area contributed by atoms with E-state index >= 15 is 0 Å². The van der Waals surface area contributed by atoms with E-state index in [4.69, 9.17) is 17.3 Å². The van der Waals surface area contributed by atoms with Crippen molar-refractivity contribution in [1.82, 2.24) is 15.0 Å². The van der Waals surface area contributed by atoms with Crippen LogP contribution in [0, 0.1) is 0 Å². The molecule has 0 saturated heterocycles. The number of primary amides is 1. The van der Waals surface area contributed by atoms with E-state index in [0.717, 1.165) is 16.8 Å². The van der Waals surface area contributed by atoms with Gasteiger partial charge in [-0.05, 0) is 40.7 Å². The van der Waals surface area contributed by atoms with Gasteiger partial charge in [0.2, 0.25) is 11.2 Å². The van der Waals surface area contributed by atoms with Crippen LogP contribution in [-0.4, -0.2) is 20.9 Å². The molecule has 1 amide bonds. The zero-order chi connectivity index (χ0) is 15.5. The van der Waals surface area contributed by atoms with E-state index in [1.165, 1.54) is 17.7 Å². The number of carbonyl (C=O) groups is 1. The van der Waals surface area contributed by atoms with Crippen LogP contribution in [0.1, 0.15) is 9.67 Å². The lowest BCUT2D eigenvalue weighted by Gasteiger charge is -2.07. The normalized spacial score (nSPS) is 10.4. The van der Waals surface area contributed by atoms with E-state index in [9.17, 15) is 4.79 Å². The molecule has 3 N–H and O–H groups in total. The minimum atomic E-state index is -0.437. The zero-order valence-electron chi connectivity index (χ0n) is 11.2. The molecule has 2 aromatic heterocycles. The van der Waals surface area contributed by atoms with Gasteiger partial charge in [-0.25, -0.2) is 9.97 Å². The highest BCUT2D eigenvalue weighted by molar-refractivity contribution is 7.12. The number of halogens is 1. The predicted octanol–water partition coefficient (Wildman–Crippen LogP) is 3.10. The smallest absolute Gasteiger partial charge is 0.259 e. The molecule has 0 bridgehead atoms. The summed E-state index contributed by atoms with van der Waals surface area (Å²) in [5.74, 6) is -0.0924. The van der Waals surface area contributed by atoms with E-state index in [1.54, 1.807) is 0 Å². The molecule has 3 rings (SSSR count). The molecule has 0 aliphatic carbocycles. The Balaban J connectivity index is 1.93. The Labute approximate surface area is 135 Å². The predicted molar refractivity (Wildman–Crippen MR) is 86.4 cm³/mol. The third-order valence-corrected chi connectivity index (χ3v) is 3.97. The van der Waals surface area contributed by atoms with Crippen molar-refractivity contribution < 1.29 is 4.79 Å². The molecule has 0 unspecified atom stereocenters. The van der Waals surface area contributed by atoms with Gasteiger partial charge in [0, 0.05) is 11.3 Å². The second-order valence-corrected chi connectivity index (χ2v) is 5.57. The van der Waals surface area contributed by atoms with E-state index in [1.807, 2.05) is 35.7 Å². The van der Waals surface area contributed by atoms with Gasteiger partial charge in [-0.3, -0.25) is 4.79 Å². The second-order valence-electron chi connectivity index (χ2n) is 4.31. The van der Waals surface area contributed by atoms with E-state index in [-0.39, 0.29) is 5.28 Å². The summed E-state index contributed by atoms with van der Waals surface area (Å²) in [6.07, 6.45) is 1.32. The van der Waals surface area contributed by atoms with Crippen molar-refractivity contribution in [2.24, 2.45) is 5.73 Å². The lowest BCUT2D eigenvalue weighted by atomic mass is 10.1. The van der Waals surface area contributed by atoms with Crippen LogP contribution in [-0.2, 0) is 0 Å². The fourth-order valence-corrected chi connectivity index (χ4v) is 2.85. The number of nitrogens with one attached hydrogen (secondary N) is 1. The molecule has 2 heterocycles. The fraction of sp³-hybridized carbons (Fsp3) is 0. The molecule has 8 heteroatoms. The average Bonchev–Trinajstić information content (AvgIpc) is 2.97. The third-order valence-electron chi connectivity index (χ3n) is 2.86. The van der Waals surface area contributed by atoms with Crippen molar-refractivity contribution in [3.63, 3.8) is 0 Å². The zero-order valence-corrected chi connectivity index (χ0v) is 12.7. The molecule has 0 aliphatic heterocycles. The highest BCUT2D eigenvalue weighted by Gasteiger charge is 2.12. The first-order chi connectivity index (χ1) is 10.6. The number of nitrogens with two attached hydrogens (primary N) is 1. The average molecular weight is 332 g/mol. The third kappa shape index (κ3) is 3.05. The minimum Gasteiger partial charge on any atom is -0.365 e. The Morgan fingerprint density at radius 2 is 2.14 bits per heavy atom. The molecule has 6 nitrogen and oxygen atoms in total. The molecule has 22 heavy (non-hydrogen) atoms. The Hall–Kier alpha value is -2.51. The monoisotopic (exact) mass is 331 g/mol. The number of thiophene rings is 1. The SMILES string of the molecule is NC(=O)c1sccc1-c1cccc(Nc2ncnc(Cl)n2)c1. The van der Waals surface area contributed by atoms with Crippen LogP contribution in [0.4, 0.5) is 11.6 Å². The van der Waals surface area contributed by atoms with Crippen molar-refractivity contribution in [1.29, 1.82) is 0 Å². The van der Waals surface area contributed by atoms with Crippen LogP contribution in [0.25, 0.3) is 11.1 Å². The minimum absolute atomic E-state index is 0.113. The van der Waals surface area contributed by atoms with Crippen molar-refractivity contribution in [3.8, 4) is 11.1 Å². The molecule has 3 aromatic rings. The molecule has 1 aromatic carbocycles. The number of carbonyl (C=O) groups excluding carboxylic acids is 1. The number of nitrogens with zero attached hydrogens (tertiary/aromatic N) is 3. The topological polar surface area (TPSA) is 93.8 Å². The maximum atomic E-state index is 11.4. The van der Waals surface area contributed by atoms with Crippen LogP contribution in [0.5, 0.6) is 0 Å². The van der Waals surface area contributed by atoms with Gasteiger partial charge >= 0.3 is 0 Å². The highest BCUT2D eigenvalue weighted by Crippen LogP contribution is 2.30. The number of benzene rings is 1. The highest BCUT2D eigenvalue weighted by atomic mass is 35.5. The summed E-state index contributed by atoms with van der Waals surface area (Å²) in [6, 6.07) is 9.37. The molecule has 0 fully saturated rings. The van der Waals surface area contributed by atoms with Crippen molar-refractivity contribution in [3.05, 3.63) is 52.2 Å². The molecule has 0 aliphatic rings. The Kier molecular flexibility index (Phi) is 3.99. The summed E-state index contributed by atoms with van der Waals surface area (Å²) in [5.41, 5.74) is 7.83. The summed E-state index contributed by atoms with van der Waals surface area (Å²) >= 11 is 7.05. The first-order valence-corrected chi connectivity index (χ1v) is 7.48. The molecular formula is C14H10ClN5OS. The van der Waals surface area contributed by atoms with Crippen LogP contribution in [0.2, 0.25) is 5.28 Å². The fourth-order valence-electron chi connectivity index (χ4n) is 1.96. The van der Waals surface area contributed by atoms with E-state index in [2.05, 4.69) is 20.3 Å². The molecule has 0 spiro atoms. The second kappa shape index (κ2) is 6.08. The van der Waals surface area contributed by atoms with Crippen LogP contribution in [0.15, 0.2) is 42.0 Å². The van der Waals surface area contributed by atoms with E-state index < -0.39 is 5.91 Å². The summed E-state index contributed by atoms with van der Waals surface area (Å²) in [4.78, 5) is 23.6. The van der Waals surface area contributed by atoms with Gasteiger partial charge in [0.25, 0.3) is 5.91 Å². The van der Waals surface area contributed by atoms with Gasteiger partial charge in [0.05, 0.1) is 4.88 Å². The molecular weight excluding hydrogens is 322 g/mol. The molecule has 0 saturated carbocycles. The summed E-state index contributed by atoms with van der Waals surface area (Å²) in [7, 11) is 0. The van der Waals surface area contributed by atoms with Gasteiger partial charge in [0.1, 0.15) is 6.33 Å². The maximum absolute atomic E-state index is 11.4. The largest absolute Gasteiger partial charge is 0.365 e. The van der Waals surface area contributed by atoms with Gasteiger partial charge in [-0.15, -0.1) is 11.3 Å². The van der Waals surface area contributed by atoms with Crippen molar-refractivity contribution >= 4 is 40.5 Å². The first-order valence-electron chi connectivity index (χ1n) is 6.23. The van der Waals surface area contributed by atoms with Crippen molar-refractivity contribution in [2.75, 3.05) is 5.32 Å². The van der Waals surface area contributed by atoms with Crippen LogP contribution in [0.3, 0.4) is 0 Å². The summed E-state index contributed by atoms with van der Waals surface area (Å²) in [5, 5.41) is 4.98. The number of anilines is 2. The lowest BCUT2D eigenvalue weighted by Crippen LogP contribution is -2.09. The number of rotatable bonds is 4. The Morgan fingerprint density at radius 1 is 1.27 bits per heavy atom.